The van der Waals surface area contributed by atoms with E-state index in [0.717, 1.165) is 28.7 Å². The molecule has 3 heterocycles. The van der Waals surface area contributed by atoms with Crippen molar-refractivity contribution >= 4 is 23.0 Å². The molecule has 0 amide bonds. The number of carbonyl (C=O) groups excluding carboxylic acids is 1. The highest BCUT2D eigenvalue weighted by Crippen LogP contribution is 2.36. The van der Waals surface area contributed by atoms with Gasteiger partial charge < -0.3 is 4.74 Å². The lowest BCUT2D eigenvalue weighted by atomic mass is 9.83. The third-order valence-corrected chi connectivity index (χ3v) is 6.88. The minimum absolute atomic E-state index is 0.0251. The summed E-state index contributed by atoms with van der Waals surface area (Å²) in [4.78, 5) is 18.1. The Kier molecular flexibility index (Phi) is 9.82. The van der Waals surface area contributed by atoms with E-state index in [0.29, 0.717) is 28.6 Å². The van der Waals surface area contributed by atoms with Crippen LogP contribution in [0.1, 0.15) is 76.5 Å². The Hall–Kier alpha value is -2.99. The molecule has 0 radical (unpaired) electrons. The first-order chi connectivity index (χ1) is 17.3. The number of nitrogens with zero attached hydrogens (tertiary/aromatic N) is 2. The average Bonchev–Trinajstić information content (AvgIpc) is 3.34. The van der Waals surface area contributed by atoms with Crippen LogP contribution in [0.2, 0.25) is 5.15 Å². The fourth-order valence-corrected chi connectivity index (χ4v) is 4.30. The van der Waals surface area contributed by atoms with Gasteiger partial charge in [-0.15, -0.1) is 0 Å². The van der Waals surface area contributed by atoms with Crippen LogP contribution in [0.15, 0.2) is 42.7 Å². The van der Waals surface area contributed by atoms with Gasteiger partial charge in [0.1, 0.15) is 16.7 Å². The van der Waals surface area contributed by atoms with Gasteiger partial charge in [-0.05, 0) is 61.1 Å². The number of allylic oxidation sites excluding steroid dienone is 2. The van der Waals surface area contributed by atoms with Gasteiger partial charge in [0.15, 0.2) is 5.78 Å². The molecule has 0 spiro atoms. The van der Waals surface area contributed by atoms with Gasteiger partial charge in [0.05, 0.1) is 30.0 Å². The maximum Gasteiger partial charge on any atom is 0.170 e. The molecule has 3 aromatic rings. The Morgan fingerprint density at radius 2 is 2.00 bits per heavy atom. The summed E-state index contributed by atoms with van der Waals surface area (Å²) in [6.07, 6.45) is 9.20. The Morgan fingerprint density at radius 3 is 2.61 bits per heavy atom. The number of nitrogens with one attached hydrogen (secondary N) is 1. The number of unbranched alkanes of at least 4 members (excludes halogenated alkanes) is 1. The molecule has 2 atom stereocenters. The zero-order valence-electron chi connectivity index (χ0n) is 21.7. The molecule has 2 unspecified atom stereocenters. The molecular weight excluding hydrogens is 477 g/mol. The highest BCUT2D eigenvalue weighted by atomic mass is 35.5. The van der Waals surface area contributed by atoms with Gasteiger partial charge >= 0.3 is 0 Å². The normalized spacial score (nSPS) is 15.9. The summed E-state index contributed by atoms with van der Waals surface area (Å²) in [6.45, 7) is 10.7. The topological polar surface area (TPSA) is 67.9 Å². The smallest absolute Gasteiger partial charge is 0.170 e. The van der Waals surface area contributed by atoms with E-state index in [1.807, 2.05) is 19.1 Å². The number of benzene rings is 1. The molecule has 1 aromatic carbocycles. The van der Waals surface area contributed by atoms with Crippen molar-refractivity contribution in [2.75, 3.05) is 6.61 Å². The lowest BCUT2D eigenvalue weighted by molar-refractivity contribution is -0.118. The van der Waals surface area contributed by atoms with E-state index in [-0.39, 0.29) is 30.0 Å². The predicted octanol–water partition coefficient (Wildman–Crippen LogP) is 7.81. The first-order valence-corrected chi connectivity index (χ1v) is 13.0. The van der Waals surface area contributed by atoms with Crippen LogP contribution in [0.25, 0.3) is 16.8 Å². The van der Waals surface area contributed by atoms with Crippen molar-refractivity contribution in [3.8, 4) is 17.0 Å². The number of aromatic nitrogens is 3. The molecule has 1 N–H and O–H groups in total. The van der Waals surface area contributed by atoms with Crippen LogP contribution in [0, 0.1) is 11.7 Å². The molecular formula is C29H35ClFN3O2. The van der Waals surface area contributed by atoms with E-state index >= 15 is 0 Å². The Bertz CT molecular complexity index is 1220. The lowest BCUT2D eigenvalue weighted by Crippen LogP contribution is -2.29. The first kappa shape index (κ1) is 27.6. The van der Waals surface area contributed by atoms with Gasteiger partial charge in [-0.3, -0.25) is 14.9 Å². The predicted molar refractivity (Wildman–Crippen MR) is 144 cm³/mol. The van der Waals surface area contributed by atoms with Crippen LogP contribution >= 0.6 is 11.6 Å². The number of fused-ring (bicyclic) bond motifs is 1. The van der Waals surface area contributed by atoms with Crippen molar-refractivity contribution in [2.24, 2.45) is 5.92 Å². The second-order valence-electron chi connectivity index (χ2n) is 9.09. The van der Waals surface area contributed by atoms with Gasteiger partial charge in [-0.25, -0.2) is 4.39 Å². The second kappa shape index (κ2) is 12.8. The first-order valence-electron chi connectivity index (χ1n) is 12.7. The number of H-pyrrole nitrogens is 1. The number of pyridine rings is 1. The Labute approximate surface area is 218 Å². The SMILES string of the molecule is C/C=C(/C(=O)C1COc2ccc(F)cc2C1)c1cnc(-c2cn[nH]c2Cl)cc1C(C)CC.CCCC. The summed E-state index contributed by atoms with van der Waals surface area (Å²) in [5, 5.41) is 7.12. The fraction of sp³-hybridized carbons (Fsp3) is 0.414. The highest BCUT2D eigenvalue weighted by Gasteiger charge is 2.30. The number of Topliss-reactive ketones (excluding diaryl/α,β-unsaturated/α-hetero) is 1. The van der Waals surface area contributed by atoms with Gasteiger partial charge in [-0.2, -0.15) is 5.10 Å². The molecule has 5 nitrogen and oxygen atoms in total. The number of carbonyl (C=O) groups is 1. The molecule has 36 heavy (non-hydrogen) atoms. The van der Waals surface area contributed by atoms with Crippen LogP contribution in [0.3, 0.4) is 0 Å². The average molecular weight is 512 g/mol. The van der Waals surface area contributed by atoms with Gasteiger partial charge in [0.25, 0.3) is 0 Å². The van der Waals surface area contributed by atoms with Gasteiger partial charge in [-0.1, -0.05) is 58.2 Å². The molecule has 0 fully saturated rings. The van der Waals surface area contributed by atoms with Crippen molar-refractivity contribution in [2.45, 2.75) is 66.2 Å². The summed E-state index contributed by atoms with van der Waals surface area (Å²) in [6, 6.07) is 6.42. The van der Waals surface area contributed by atoms with Crippen molar-refractivity contribution in [1.29, 1.82) is 0 Å². The molecule has 0 aliphatic carbocycles. The molecule has 7 heteroatoms. The maximum absolute atomic E-state index is 13.7. The molecule has 0 saturated heterocycles. The maximum atomic E-state index is 13.7. The van der Waals surface area contributed by atoms with Gasteiger partial charge in [0.2, 0.25) is 0 Å². The number of hydrogen-bond donors (Lipinski definition) is 1. The van der Waals surface area contributed by atoms with E-state index in [4.69, 9.17) is 16.3 Å². The fourth-order valence-electron chi connectivity index (χ4n) is 4.10. The van der Waals surface area contributed by atoms with E-state index in [1.54, 1.807) is 18.5 Å². The summed E-state index contributed by atoms with van der Waals surface area (Å²) in [5.41, 5.74) is 4.58. The van der Waals surface area contributed by atoms with Crippen LogP contribution < -0.4 is 4.74 Å². The van der Waals surface area contributed by atoms with E-state index in [9.17, 15) is 9.18 Å². The van der Waals surface area contributed by atoms with Gasteiger partial charge in [0, 0.05) is 17.3 Å². The van der Waals surface area contributed by atoms with Crippen molar-refractivity contribution in [3.05, 3.63) is 70.4 Å². The number of halogens is 2. The Balaban J connectivity index is 0.000000840. The number of ether oxygens (including phenoxy) is 1. The Morgan fingerprint density at radius 1 is 1.25 bits per heavy atom. The number of rotatable bonds is 7. The summed E-state index contributed by atoms with van der Waals surface area (Å²) in [5.74, 6) is 0.105. The number of ketones is 1. The van der Waals surface area contributed by atoms with Crippen molar-refractivity contribution in [1.82, 2.24) is 15.2 Å². The number of hydrogen-bond acceptors (Lipinski definition) is 4. The van der Waals surface area contributed by atoms with Crippen LogP contribution in [0.5, 0.6) is 5.75 Å². The highest BCUT2D eigenvalue weighted by molar-refractivity contribution is 6.32. The molecule has 4 rings (SSSR count). The zero-order chi connectivity index (χ0) is 26.2. The second-order valence-corrected chi connectivity index (χ2v) is 9.47. The lowest BCUT2D eigenvalue weighted by Gasteiger charge is -2.26. The standard InChI is InChI=1S/C25H25ClFN3O2.C4H10/c1-4-14(3)19-10-22(21-12-29-30-25(21)26)28-11-20(19)18(5-2)24(31)16-8-15-9-17(27)6-7-23(15)32-13-16;1-3-4-2/h5-7,9-12,14,16H,4,8,13H2,1-3H3,(H,29,30);3-4H2,1-2H3/b18-5+;. The largest absolute Gasteiger partial charge is 0.493 e. The molecule has 1 aliphatic heterocycles. The number of aromatic amines is 1. The van der Waals surface area contributed by atoms with E-state index in [1.165, 1.54) is 25.0 Å². The van der Waals surface area contributed by atoms with E-state index in [2.05, 4.69) is 42.9 Å². The quantitative estimate of drug-likeness (QED) is 0.328. The minimum atomic E-state index is -0.386. The molecule has 0 saturated carbocycles. The summed E-state index contributed by atoms with van der Waals surface area (Å²) >= 11 is 6.21. The molecule has 2 aromatic heterocycles. The van der Waals surface area contributed by atoms with Crippen LogP contribution in [-0.2, 0) is 11.2 Å². The zero-order valence-corrected chi connectivity index (χ0v) is 22.5. The van der Waals surface area contributed by atoms with Crippen molar-refractivity contribution < 1.29 is 13.9 Å². The van der Waals surface area contributed by atoms with E-state index < -0.39 is 0 Å². The summed E-state index contributed by atoms with van der Waals surface area (Å²) < 4.78 is 19.5. The van der Waals surface area contributed by atoms with Crippen LogP contribution in [-0.4, -0.2) is 27.6 Å². The van der Waals surface area contributed by atoms with Crippen molar-refractivity contribution in [3.63, 3.8) is 0 Å². The monoisotopic (exact) mass is 511 g/mol. The molecule has 192 valence electrons. The molecule has 1 aliphatic rings. The third kappa shape index (κ3) is 6.22. The molecule has 0 bridgehead atoms. The summed E-state index contributed by atoms with van der Waals surface area (Å²) in [7, 11) is 0. The minimum Gasteiger partial charge on any atom is -0.493 e. The third-order valence-electron chi connectivity index (χ3n) is 6.59. The van der Waals surface area contributed by atoms with Crippen LogP contribution in [0.4, 0.5) is 4.39 Å².